The summed E-state index contributed by atoms with van der Waals surface area (Å²) in [6, 6.07) is 18.2. The molecule has 26 heavy (non-hydrogen) atoms. The van der Waals surface area contributed by atoms with Crippen LogP contribution in [-0.2, 0) is 32.2 Å². The number of esters is 1. The van der Waals surface area contributed by atoms with Crippen LogP contribution in [0.5, 0.6) is 0 Å². The lowest BCUT2D eigenvalue weighted by Crippen LogP contribution is -2.55. The van der Waals surface area contributed by atoms with Gasteiger partial charge in [0.1, 0.15) is 6.10 Å². The van der Waals surface area contributed by atoms with E-state index in [0.29, 0.717) is 0 Å². The summed E-state index contributed by atoms with van der Waals surface area (Å²) in [5, 5.41) is 0. The van der Waals surface area contributed by atoms with Crippen LogP contribution in [0.25, 0.3) is 0 Å². The van der Waals surface area contributed by atoms with Crippen LogP contribution in [-0.4, -0.2) is 30.7 Å². The fourth-order valence-corrected chi connectivity index (χ4v) is 2.72. The van der Waals surface area contributed by atoms with Crippen molar-refractivity contribution in [2.45, 2.75) is 37.8 Å². The number of cyclic esters (lactones) is 1. The number of hydrogen-bond acceptors (Lipinski definition) is 4. The molecule has 2 aromatic rings. The Morgan fingerprint density at radius 2 is 1.54 bits per heavy atom. The SMILES string of the molecule is O=C1C[C@@H](OCc2ccccc2)C(F)(F)[C@@H](COCc2ccccc2)O1. The van der Waals surface area contributed by atoms with Gasteiger partial charge in [0.05, 0.1) is 26.2 Å². The van der Waals surface area contributed by atoms with E-state index >= 15 is 0 Å². The Morgan fingerprint density at radius 1 is 0.962 bits per heavy atom. The van der Waals surface area contributed by atoms with Crippen molar-refractivity contribution >= 4 is 5.97 Å². The third kappa shape index (κ3) is 4.65. The molecule has 2 atom stereocenters. The molecule has 0 bridgehead atoms. The van der Waals surface area contributed by atoms with Crippen LogP contribution in [0.1, 0.15) is 17.5 Å². The van der Waals surface area contributed by atoms with E-state index in [4.69, 9.17) is 14.2 Å². The van der Waals surface area contributed by atoms with Crippen LogP contribution < -0.4 is 0 Å². The van der Waals surface area contributed by atoms with Crippen molar-refractivity contribution in [3.05, 3.63) is 71.8 Å². The molecule has 1 fully saturated rings. The van der Waals surface area contributed by atoms with E-state index in [9.17, 15) is 13.6 Å². The number of carbonyl (C=O) groups is 1. The molecule has 0 aliphatic carbocycles. The molecule has 0 saturated carbocycles. The highest BCUT2D eigenvalue weighted by Crippen LogP contribution is 2.35. The van der Waals surface area contributed by atoms with Gasteiger partial charge in [-0.05, 0) is 11.1 Å². The molecule has 1 heterocycles. The maximum absolute atomic E-state index is 14.7. The van der Waals surface area contributed by atoms with Gasteiger partial charge in [0.15, 0.2) is 6.10 Å². The van der Waals surface area contributed by atoms with Gasteiger partial charge in [-0.15, -0.1) is 0 Å². The van der Waals surface area contributed by atoms with E-state index in [-0.39, 0.29) is 13.2 Å². The summed E-state index contributed by atoms with van der Waals surface area (Å²) in [7, 11) is 0. The number of ether oxygens (including phenoxy) is 3. The van der Waals surface area contributed by atoms with Crippen LogP contribution in [0.15, 0.2) is 60.7 Å². The molecule has 0 N–H and O–H groups in total. The highest BCUT2D eigenvalue weighted by atomic mass is 19.3. The van der Waals surface area contributed by atoms with Gasteiger partial charge < -0.3 is 14.2 Å². The second-order valence-corrected chi connectivity index (χ2v) is 6.14. The largest absolute Gasteiger partial charge is 0.453 e. The van der Waals surface area contributed by atoms with Crippen LogP contribution in [0.2, 0.25) is 0 Å². The summed E-state index contributed by atoms with van der Waals surface area (Å²) in [6.07, 6.45) is -3.67. The fourth-order valence-electron chi connectivity index (χ4n) is 2.72. The number of alkyl halides is 2. The molecule has 1 aliphatic rings. The van der Waals surface area contributed by atoms with Crippen molar-refractivity contribution < 1.29 is 27.8 Å². The molecular formula is C20H20F2O4. The average molecular weight is 362 g/mol. The highest BCUT2D eigenvalue weighted by molar-refractivity contribution is 5.71. The molecule has 0 amide bonds. The van der Waals surface area contributed by atoms with Crippen molar-refractivity contribution in [2.24, 2.45) is 0 Å². The van der Waals surface area contributed by atoms with E-state index in [2.05, 4.69) is 0 Å². The monoisotopic (exact) mass is 362 g/mol. The van der Waals surface area contributed by atoms with E-state index in [1.54, 1.807) is 24.3 Å². The van der Waals surface area contributed by atoms with E-state index in [1.807, 2.05) is 36.4 Å². The van der Waals surface area contributed by atoms with Gasteiger partial charge in [0.25, 0.3) is 0 Å². The molecule has 138 valence electrons. The van der Waals surface area contributed by atoms with E-state index in [0.717, 1.165) is 11.1 Å². The number of halogens is 2. The molecule has 1 aliphatic heterocycles. The summed E-state index contributed by atoms with van der Waals surface area (Å²) < 4.78 is 44.8. The maximum Gasteiger partial charge on any atom is 0.312 e. The molecule has 0 spiro atoms. The third-order valence-electron chi connectivity index (χ3n) is 4.16. The normalized spacial score (nSPS) is 22.0. The van der Waals surface area contributed by atoms with Gasteiger partial charge >= 0.3 is 11.9 Å². The molecular weight excluding hydrogens is 342 g/mol. The molecule has 0 aromatic heterocycles. The molecule has 0 unspecified atom stereocenters. The Balaban J connectivity index is 1.57. The summed E-state index contributed by atoms with van der Waals surface area (Å²) in [5.74, 6) is -4.03. The van der Waals surface area contributed by atoms with Gasteiger partial charge in [0, 0.05) is 0 Å². The zero-order valence-corrected chi connectivity index (χ0v) is 14.1. The predicted octanol–water partition coefficient (Wildman–Crippen LogP) is 3.74. The fraction of sp³-hybridized carbons (Fsp3) is 0.350. The zero-order valence-electron chi connectivity index (χ0n) is 14.1. The van der Waals surface area contributed by atoms with Crippen molar-refractivity contribution in [3.63, 3.8) is 0 Å². The quantitative estimate of drug-likeness (QED) is 0.704. The van der Waals surface area contributed by atoms with Crippen LogP contribution in [0.4, 0.5) is 8.78 Å². The zero-order chi connectivity index (χ0) is 18.4. The standard InChI is InChI=1S/C20H20F2O4/c21-20(22)17(25-13-16-9-5-2-6-10-16)11-19(23)26-18(20)14-24-12-15-7-3-1-4-8-15/h1-10,17-18H,11-14H2/t17-,18-/m1/s1. The Labute approximate surface area is 150 Å². The van der Waals surface area contributed by atoms with E-state index in [1.165, 1.54) is 0 Å². The number of carbonyl (C=O) groups excluding carboxylic acids is 1. The smallest absolute Gasteiger partial charge is 0.312 e. The minimum absolute atomic E-state index is 0.00592. The maximum atomic E-state index is 14.7. The summed E-state index contributed by atoms with van der Waals surface area (Å²) in [6.45, 7) is -0.217. The lowest BCUT2D eigenvalue weighted by atomic mass is 10.0. The molecule has 2 aromatic carbocycles. The van der Waals surface area contributed by atoms with Crippen molar-refractivity contribution in [1.29, 1.82) is 0 Å². The first kappa shape index (κ1) is 18.5. The average Bonchev–Trinajstić information content (AvgIpc) is 2.65. The lowest BCUT2D eigenvalue weighted by Gasteiger charge is -2.36. The summed E-state index contributed by atoms with van der Waals surface area (Å²) in [5.41, 5.74) is 1.62. The van der Waals surface area contributed by atoms with Crippen LogP contribution in [0, 0.1) is 0 Å². The Bertz CT molecular complexity index is 706. The Hall–Kier alpha value is -2.31. The number of rotatable bonds is 7. The predicted molar refractivity (Wildman–Crippen MR) is 90.6 cm³/mol. The van der Waals surface area contributed by atoms with E-state index < -0.39 is 37.1 Å². The molecule has 6 heteroatoms. The molecule has 1 saturated heterocycles. The van der Waals surface area contributed by atoms with Crippen LogP contribution in [0.3, 0.4) is 0 Å². The third-order valence-corrected chi connectivity index (χ3v) is 4.16. The van der Waals surface area contributed by atoms with Gasteiger partial charge in [-0.1, -0.05) is 60.7 Å². The van der Waals surface area contributed by atoms with Crippen molar-refractivity contribution in [2.75, 3.05) is 6.61 Å². The van der Waals surface area contributed by atoms with Crippen molar-refractivity contribution in [1.82, 2.24) is 0 Å². The van der Waals surface area contributed by atoms with Crippen molar-refractivity contribution in [3.8, 4) is 0 Å². The topological polar surface area (TPSA) is 44.8 Å². The summed E-state index contributed by atoms with van der Waals surface area (Å²) >= 11 is 0. The second-order valence-electron chi connectivity index (χ2n) is 6.14. The second kappa shape index (κ2) is 8.38. The molecule has 3 rings (SSSR count). The minimum Gasteiger partial charge on any atom is -0.453 e. The van der Waals surface area contributed by atoms with Gasteiger partial charge in [-0.25, -0.2) is 0 Å². The summed E-state index contributed by atoms with van der Waals surface area (Å²) in [4.78, 5) is 11.7. The minimum atomic E-state index is -3.32. The first-order chi connectivity index (χ1) is 12.6. The van der Waals surface area contributed by atoms with Crippen LogP contribution >= 0.6 is 0 Å². The number of hydrogen-bond donors (Lipinski definition) is 0. The first-order valence-electron chi connectivity index (χ1n) is 8.40. The highest BCUT2D eigenvalue weighted by Gasteiger charge is 2.54. The molecule has 0 radical (unpaired) electrons. The number of benzene rings is 2. The van der Waals surface area contributed by atoms with Gasteiger partial charge in [0.2, 0.25) is 0 Å². The molecule has 4 nitrogen and oxygen atoms in total. The Kier molecular flexibility index (Phi) is 5.96. The Morgan fingerprint density at radius 3 is 2.15 bits per heavy atom. The first-order valence-corrected chi connectivity index (χ1v) is 8.40. The van der Waals surface area contributed by atoms with Gasteiger partial charge in [-0.2, -0.15) is 8.78 Å². The van der Waals surface area contributed by atoms with Gasteiger partial charge in [-0.3, -0.25) is 4.79 Å². The lowest BCUT2D eigenvalue weighted by molar-refractivity contribution is -0.247.